The largest absolute Gasteiger partial charge is 0.308 e. The van der Waals surface area contributed by atoms with Gasteiger partial charge in [0.15, 0.2) is 0 Å². The summed E-state index contributed by atoms with van der Waals surface area (Å²) in [5, 5.41) is 3.33. The van der Waals surface area contributed by atoms with Crippen molar-refractivity contribution in [2.45, 2.75) is 19.9 Å². The van der Waals surface area contributed by atoms with E-state index >= 15 is 0 Å². The molecular weight excluding hydrogens is 222 g/mol. The fourth-order valence-corrected chi connectivity index (χ4v) is 1.58. The van der Waals surface area contributed by atoms with Gasteiger partial charge in [-0.05, 0) is 16.9 Å². The highest BCUT2D eigenvalue weighted by Crippen LogP contribution is 2.15. The summed E-state index contributed by atoms with van der Waals surface area (Å²) in [5.74, 6) is 0. The molecular formula is C12H17NS2. The average Bonchev–Trinajstić information content (AvgIpc) is 2.29. The zero-order valence-corrected chi connectivity index (χ0v) is 10.7. The highest BCUT2D eigenvalue weighted by molar-refractivity contribution is 7.88. The Morgan fingerprint density at radius 2 is 1.80 bits per heavy atom. The molecule has 0 heterocycles. The van der Waals surface area contributed by atoms with Crippen LogP contribution in [0.3, 0.4) is 0 Å². The predicted octanol–water partition coefficient (Wildman–Crippen LogP) is 3.26. The summed E-state index contributed by atoms with van der Waals surface area (Å²) < 4.78 is 0. The van der Waals surface area contributed by atoms with Crippen LogP contribution in [-0.2, 0) is 6.54 Å². The second kappa shape index (κ2) is 6.99. The second-order valence-electron chi connectivity index (χ2n) is 3.34. The molecule has 15 heavy (non-hydrogen) atoms. The Labute approximate surface area is 103 Å². The van der Waals surface area contributed by atoms with Crippen molar-refractivity contribution in [3.8, 4) is 0 Å². The number of hydrogen-bond acceptors (Lipinski definition) is 3. The van der Waals surface area contributed by atoms with E-state index in [1.165, 1.54) is 5.56 Å². The number of rotatable bonds is 5. The minimum Gasteiger partial charge on any atom is -0.308 e. The Bertz CT molecular complexity index is 320. The van der Waals surface area contributed by atoms with Gasteiger partial charge < -0.3 is 5.32 Å². The number of nitrogens with one attached hydrogen (secondary N) is 1. The lowest BCUT2D eigenvalue weighted by atomic mass is 10.2. The smallest absolute Gasteiger partial charge is 0.0273 e. The first kappa shape index (κ1) is 12.7. The maximum atomic E-state index is 4.39. The van der Waals surface area contributed by atoms with Crippen LogP contribution in [0, 0.1) is 0 Å². The van der Waals surface area contributed by atoms with E-state index in [0.717, 1.165) is 29.3 Å². The molecule has 0 atom stereocenters. The minimum atomic E-state index is 0.782. The molecule has 0 aliphatic carbocycles. The van der Waals surface area contributed by atoms with E-state index in [2.05, 4.69) is 49.6 Å². The summed E-state index contributed by atoms with van der Waals surface area (Å²) in [6.07, 6.45) is 0.939. The molecule has 0 bridgehead atoms. The quantitative estimate of drug-likeness (QED) is 0.670. The van der Waals surface area contributed by atoms with Crippen LogP contribution in [0.2, 0.25) is 0 Å². The van der Waals surface area contributed by atoms with Crippen molar-refractivity contribution in [2.24, 2.45) is 0 Å². The van der Waals surface area contributed by atoms with Gasteiger partial charge in [-0.3, -0.25) is 0 Å². The molecule has 3 heteroatoms. The van der Waals surface area contributed by atoms with Crippen molar-refractivity contribution in [1.29, 1.82) is 0 Å². The van der Waals surface area contributed by atoms with Crippen LogP contribution in [-0.4, -0.2) is 6.54 Å². The summed E-state index contributed by atoms with van der Waals surface area (Å²) in [5.41, 5.74) is 1.29. The fourth-order valence-electron chi connectivity index (χ4n) is 1.23. The van der Waals surface area contributed by atoms with Crippen molar-refractivity contribution in [3.63, 3.8) is 0 Å². The minimum absolute atomic E-state index is 0.782. The number of thiol groups is 2. The lowest BCUT2D eigenvalue weighted by Gasteiger charge is -2.06. The van der Waals surface area contributed by atoms with Crippen LogP contribution in [0.4, 0.5) is 0 Å². The van der Waals surface area contributed by atoms with Crippen molar-refractivity contribution in [3.05, 3.63) is 45.7 Å². The molecule has 0 saturated heterocycles. The molecule has 0 aliphatic heterocycles. The van der Waals surface area contributed by atoms with E-state index in [9.17, 15) is 0 Å². The molecule has 0 unspecified atom stereocenters. The van der Waals surface area contributed by atoms with Gasteiger partial charge in [0.1, 0.15) is 0 Å². The van der Waals surface area contributed by atoms with Crippen LogP contribution in [0.1, 0.15) is 18.9 Å². The summed E-state index contributed by atoms with van der Waals surface area (Å²) in [6, 6.07) is 10.3. The maximum absolute atomic E-state index is 4.39. The molecule has 0 aromatic heterocycles. The third-order valence-electron chi connectivity index (χ3n) is 2.13. The van der Waals surface area contributed by atoms with Crippen LogP contribution in [0.15, 0.2) is 40.1 Å². The Kier molecular flexibility index (Phi) is 5.91. The lowest BCUT2D eigenvalue weighted by Crippen LogP contribution is -2.15. The Balaban J connectivity index is 2.34. The van der Waals surface area contributed by atoms with Crippen molar-refractivity contribution in [1.82, 2.24) is 5.32 Å². The second-order valence-corrected chi connectivity index (χ2v) is 4.42. The SMILES string of the molecule is CC/C(S)=C(/S)CNCc1ccccc1. The highest BCUT2D eigenvalue weighted by atomic mass is 32.1. The molecule has 1 rings (SSSR count). The molecule has 0 saturated carbocycles. The molecule has 0 aliphatic rings. The Morgan fingerprint density at radius 1 is 1.13 bits per heavy atom. The van der Waals surface area contributed by atoms with Gasteiger partial charge in [-0.1, -0.05) is 37.3 Å². The summed E-state index contributed by atoms with van der Waals surface area (Å²) in [7, 11) is 0. The van der Waals surface area contributed by atoms with Crippen molar-refractivity contribution < 1.29 is 0 Å². The maximum Gasteiger partial charge on any atom is 0.0273 e. The van der Waals surface area contributed by atoms with E-state index in [4.69, 9.17) is 0 Å². The monoisotopic (exact) mass is 239 g/mol. The molecule has 0 spiro atoms. The van der Waals surface area contributed by atoms with E-state index in [-0.39, 0.29) is 0 Å². The van der Waals surface area contributed by atoms with Crippen LogP contribution >= 0.6 is 25.3 Å². The number of hydrogen-bond donors (Lipinski definition) is 3. The van der Waals surface area contributed by atoms with Gasteiger partial charge in [-0.2, -0.15) is 0 Å². The lowest BCUT2D eigenvalue weighted by molar-refractivity contribution is 0.753. The number of allylic oxidation sites excluding steroid dienone is 1. The standard InChI is InChI=1S/C12H17NS2/c1-2-11(14)12(15)9-13-8-10-6-4-3-5-7-10/h3-7,13-15H,2,8-9H2,1H3/b12-11-. The first-order valence-corrected chi connectivity index (χ1v) is 5.98. The normalized spacial score (nSPS) is 12.5. The molecule has 1 aromatic carbocycles. The zero-order valence-electron chi connectivity index (χ0n) is 8.90. The molecule has 0 radical (unpaired) electrons. The summed E-state index contributed by atoms with van der Waals surface area (Å²) in [4.78, 5) is 2.08. The van der Waals surface area contributed by atoms with Crippen LogP contribution in [0.5, 0.6) is 0 Å². The average molecular weight is 239 g/mol. The van der Waals surface area contributed by atoms with Crippen molar-refractivity contribution in [2.75, 3.05) is 6.54 Å². The molecule has 1 N–H and O–H groups in total. The van der Waals surface area contributed by atoms with E-state index in [1.807, 2.05) is 18.2 Å². The fraction of sp³-hybridized carbons (Fsp3) is 0.333. The summed E-state index contributed by atoms with van der Waals surface area (Å²) >= 11 is 8.74. The highest BCUT2D eigenvalue weighted by Gasteiger charge is 1.96. The predicted molar refractivity (Wildman–Crippen MR) is 73.4 cm³/mol. The van der Waals surface area contributed by atoms with E-state index in [0.29, 0.717) is 0 Å². The Morgan fingerprint density at radius 3 is 2.40 bits per heavy atom. The van der Waals surface area contributed by atoms with E-state index in [1.54, 1.807) is 0 Å². The Hall–Kier alpha value is -0.380. The third-order valence-corrected chi connectivity index (χ3v) is 3.32. The first-order valence-electron chi connectivity index (χ1n) is 5.08. The van der Waals surface area contributed by atoms with Gasteiger partial charge in [0.25, 0.3) is 0 Å². The van der Waals surface area contributed by atoms with Gasteiger partial charge >= 0.3 is 0 Å². The third kappa shape index (κ3) is 4.78. The molecule has 0 fully saturated rings. The number of benzene rings is 1. The van der Waals surface area contributed by atoms with Gasteiger partial charge in [0.05, 0.1) is 0 Å². The van der Waals surface area contributed by atoms with Crippen LogP contribution in [0.25, 0.3) is 0 Å². The van der Waals surface area contributed by atoms with Gasteiger partial charge in [0, 0.05) is 18.0 Å². The molecule has 0 amide bonds. The topological polar surface area (TPSA) is 12.0 Å². The zero-order chi connectivity index (χ0) is 11.1. The first-order chi connectivity index (χ1) is 7.24. The van der Waals surface area contributed by atoms with Crippen molar-refractivity contribution >= 4 is 25.3 Å². The molecule has 1 nitrogen and oxygen atoms in total. The molecule has 1 aromatic rings. The summed E-state index contributed by atoms with van der Waals surface area (Å²) in [6.45, 7) is 3.73. The van der Waals surface area contributed by atoms with Gasteiger partial charge in [0.2, 0.25) is 0 Å². The van der Waals surface area contributed by atoms with Gasteiger partial charge in [-0.15, -0.1) is 25.3 Å². The van der Waals surface area contributed by atoms with E-state index < -0.39 is 0 Å². The molecule has 82 valence electrons. The van der Waals surface area contributed by atoms with Gasteiger partial charge in [-0.25, -0.2) is 0 Å². The van der Waals surface area contributed by atoms with Crippen LogP contribution < -0.4 is 5.32 Å².